The molecule has 3 aliphatic rings. The molecule has 2 fully saturated rings. The number of fused-ring (bicyclic) bond motifs is 2. The van der Waals surface area contributed by atoms with Crippen LogP contribution in [0, 0.1) is 11.8 Å². The predicted octanol–water partition coefficient (Wildman–Crippen LogP) is 4.60. The van der Waals surface area contributed by atoms with E-state index in [9.17, 15) is 15.3 Å². The molecule has 0 radical (unpaired) electrons. The van der Waals surface area contributed by atoms with Gasteiger partial charge in [0.25, 0.3) is 0 Å². The molecule has 0 spiro atoms. The van der Waals surface area contributed by atoms with Gasteiger partial charge in [0.2, 0.25) is 0 Å². The van der Waals surface area contributed by atoms with Crippen LogP contribution in [0.15, 0.2) is 47.6 Å². The summed E-state index contributed by atoms with van der Waals surface area (Å²) in [6.45, 7) is 4.26. The summed E-state index contributed by atoms with van der Waals surface area (Å²) >= 11 is 0. The normalized spacial score (nSPS) is 40.7. The molecule has 0 saturated heterocycles. The Bertz CT molecular complexity index is 751. The third-order valence-corrected chi connectivity index (χ3v) is 6.72. The lowest BCUT2D eigenvalue weighted by molar-refractivity contribution is -0.126. The van der Waals surface area contributed by atoms with Gasteiger partial charge in [-0.05, 0) is 41.9 Å². The van der Waals surface area contributed by atoms with Crippen molar-refractivity contribution in [2.24, 2.45) is 11.8 Å². The molecule has 0 aromatic heterocycles. The molecule has 3 heteroatoms. The van der Waals surface area contributed by atoms with E-state index >= 15 is 0 Å². The average molecular weight is 376 g/mol. The van der Waals surface area contributed by atoms with Crippen LogP contribution in [0.5, 0.6) is 0 Å². The first kappa shape index (κ1) is 16.8. The van der Waals surface area contributed by atoms with Crippen LogP contribution in [0.1, 0.15) is 75.7 Å². The molecule has 0 aliphatic heterocycles. The van der Waals surface area contributed by atoms with E-state index in [0.29, 0.717) is 32.1 Å². The fraction of sp³-hybridized carbons (Fsp3) is 0.667. The second kappa shape index (κ2) is 8.06. The highest BCUT2D eigenvalue weighted by Gasteiger charge is 2.59. The zero-order valence-corrected chi connectivity index (χ0v) is 16.5. The minimum absolute atomic E-state index is 0.0249. The van der Waals surface area contributed by atoms with E-state index in [1.165, 1.54) is 0 Å². The van der Waals surface area contributed by atoms with Crippen molar-refractivity contribution >= 4 is 0 Å². The lowest BCUT2D eigenvalue weighted by Gasteiger charge is -2.58. The van der Waals surface area contributed by atoms with Gasteiger partial charge in [0, 0.05) is 22.9 Å². The van der Waals surface area contributed by atoms with Crippen molar-refractivity contribution in [1.82, 2.24) is 0 Å². The van der Waals surface area contributed by atoms with Crippen molar-refractivity contribution in [2.45, 2.75) is 88.9 Å². The zero-order valence-electron chi connectivity index (χ0n) is 19.5. The Morgan fingerprint density at radius 3 is 2.89 bits per heavy atom. The zero-order chi connectivity index (χ0) is 22.2. The van der Waals surface area contributed by atoms with Crippen LogP contribution in [0.3, 0.4) is 0 Å². The number of unbranched alkanes of at least 4 members (excludes halogenated alkanes) is 2. The molecule has 0 aromatic carbocycles. The minimum Gasteiger partial charge on any atom is -0.393 e. The highest BCUT2D eigenvalue weighted by atomic mass is 16.3. The first-order valence-electron chi connectivity index (χ1n) is 11.9. The van der Waals surface area contributed by atoms with Crippen molar-refractivity contribution in [1.29, 1.82) is 0 Å². The Morgan fingerprint density at radius 2 is 2.19 bits per heavy atom. The molecule has 5 atom stereocenters. The molecular weight excluding hydrogens is 336 g/mol. The van der Waals surface area contributed by atoms with Crippen LogP contribution < -0.4 is 0 Å². The van der Waals surface area contributed by atoms with E-state index in [2.05, 4.69) is 19.6 Å². The molecule has 0 aromatic rings. The summed E-state index contributed by atoms with van der Waals surface area (Å²) in [6, 6.07) is 0. The van der Waals surface area contributed by atoms with Crippen LogP contribution in [-0.4, -0.2) is 32.6 Å². The maximum atomic E-state index is 11.1. The quantitative estimate of drug-likeness (QED) is 0.429. The molecule has 3 N–H and O–H groups in total. The van der Waals surface area contributed by atoms with Crippen LogP contribution in [0.2, 0.25) is 0 Å². The molecule has 27 heavy (non-hydrogen) atoms. The van der Waals surface area contributed by atoms with E-state index in [1.54, 1.807) is 0 Å². The Morgan fingerprint density at radius 1 is 1.37 bits per heavy atom. The maximum Gasteiger partial charge on any atom is 0.0949 e. The van der Waals surface area contributed by atoms with Gasteiger partial charge in [-0.15, -0.1) is 0 Å². The number of hydrogen-bond acceptors (Lipinski definition) is 3. The van der Waals surface area contributed by atoms with Crippen molar-refractivity contribution < 1.29 is 19.4 Å². The fourth-order valence-corrected chi connectivity index (χ4v) is 5.12. The second-order valence-corrected chi connectivity index (χ2v) is 8.61. The third-order valence-electron chi connectivity index (χ3n) is 6.72. The van der Waals surface area contributed by atoms with Crippen molar-refractivity contribution in [2.75, 3.05) is 0 Å². The van der Waals surface area contributed by atoms with Crippen molar-refractivity contribution in [3.05, 3.63) is 47.6 Å². The molecule has 3 aliphatic carbocycles. The summed E-state index contributed by atoms with van der Waals surface area (Å²) in [5, 5.41) is 32.0. The molecule has 3 unspecified atom stereocenters. The van der Waals surface area contributed by atoms with E-state index in [1.807, 2.05) is 18.2 Å². The summed E-state index contributed by atoms with van der Waals surface area (Å²) in [7, 11) is 0. The van der Waals surface area contributed by atoms with Gasteiger partial charge in [0.15, 0.2) is 0 Å². The molecule has 0 amide bonds. The standard InChI is InChI=1S/C24H36O3/c1-4-6-7-8-11-23(26)12-9-10-19(15-23)18(5-2)13-22-21-14-20(25)16-24(22,27)17(21)3/h9-10,12-13,20-22,25-27H,3-8,11,14-16H2,1-2H3/b18-13+/t20-,21?,22?,23?,24-/m1/s1/i1D3. The van der Waals surface area contributed by atoms with Gasteiger partial charge < -0.3 is 15.3 Å². The lowest BCUT2D eigenvalue weighted by Crippen LogP contribution is -2.61. The highest BCUT2D eigenvalue weighted by Crippen LogP contribution is 2.58. The van der Waals surface area contributed by atoms with Gasteiger partial charge in [-0.1, -0.05) is 70.3 Å². The lowest BCUT2D eigenvalue weighted by atomic mass is 9.50. The van der Waals surface area contributed by atoms with Crippen LogP contribution in [0.25, 0.3) is 0 Å². The molecule has 3 nitrogen and oxygen atoms in total. The number of aliphatic hydroxyl groups excluding tert-OH is 1. The van der Waals surface area contributed by atoms with Crippen LogP contribution in [0.4, 0.5) is 0 Å². The topological polar surface area (TPSA) is 60.7 Å². The first-order valence-corrected chi connectivity index (χ1v) is 10.4. The SMILES string of the molecule is [2H]C([2H])([2H])CCCCCC1(O)C=CC=C(/C(=C/C2C3C[C@@H](O)C[C@@]2(O)C3=C)CC)C1. The summed E-state index contributed by atoms with van der Waals surface area (Å²) in [4.78, 5) is 0. The molecule has 3 rings (SSSR count). The van der Waals surface area contributed by atoms with E-state index in [-0.39, 0.29) is 18.3 Å². The largest absolute Gasteiger partial charge is 0.393 e. The van der Waals surface area contributed by atoms with Gasteiger partial charge in [0.1, 0.15) is 0 Å². The predicted molar refractivity (Wildman–Crippen MR) is 110 cm³/mol. The summed E-state index contributed by atoms with van der Waals surface area (Å²) < 4.78 is 21.8. The van der Waals surface area contributed by atoms with E-state index in [4.69, 9.17) is 4.11 Å². The number of hydrogen-bond donors (Lipinski definition) is 3. The highest BCUT2D eigenvalue weighted by molar-refractivity contribution is 5.44. The first-order chi connectivity index (χ1) is 14.0. The monoisotopic (exact) mass is 375 g/mol. The summed E-state index contributed by atoms with van der Waals surface area (Å²) in [5.74, 6) is 0.0975. The molecule has 2 saturated carbocycles. The number of allylic oxidation sites excluding steroid dienone is 3. The molecule has 2 bridgehead atoms. The van der Waals surface area contributed by atoms with Gasteiger partial charge >= 0.3 is 0 Å². The van der Waals surface area contributed by atoms with Crippen molar-refractivity contribution in [3.63, 3.8) is 0 Å². The van der Waals surface area contributed by atoms with Crippen molar-refractivity contribution in [3.8, 4) is 0 Å². The minimum atomic E-state index is -1.87. The molecule has 150 valence electrons. The third kappa shape index (κ3) is 4.01. The van der Waals surface area contributed by atoms with Gasteiger partial charge in [-0.2, -0.15) is 0 Å². The average Bonchev–Trinajstić information content (AvgIpc) is 2.65. The maximum absolute atomic E-state index is 11.1. The van der Waals surface area contributed by atoms with Gasteiger partial charge in [-0.3, -0.25) is 0 Å². The Kier molecular flexibility index (Phi) is 5.01. The summed E-state index contributed by atoms with van der Waals surface area (Å²) in [5.41, 5.74) is 1.15. The Balaban J connectivity index is 1.61. The molecular formula is C24H36O3. The smallest absolute Gasteiger partial charge is 0.0949 e. The number of rotatable bonds is 8. The van der Waals surface area contributed by atoms with Gasteiger partial charge in [-0.25, -0.2) is 0 Å². The van der Waals surface area contributed by atoms with E-state index in [0.717, 1.165) is 36.0 Å². The second-order valence-electron chi connectivity index (χ2n) is 8.61. The van der Waals surface area contributed by atoms with Crippen LogP contribution >= 0.6 is 0 Å². The van der Waals surface area contributed by atoms with E-state index < -0.39 is 24.2 Å². The summed E-state index contributed by atoms with van der Waals surface area (Å²) in [6.07, 6.45) is 12.9. The Hall–Kier alpha value is -1.16. The fourth-order valence-electron chi connectivity index (χ4n) is 5.12. The number of aliphatic hydroxyl groups is 3. The molecule has 0 heterocycles. The van der Waals surface area contributed by atoms with Gasteiger partial charge in [0.05, 0.1) is 17.3 Å². The van der Waals surface area contributed by atoms with Crippen LogP contribution in [-0.2, 0) is 0 Å². The Labute approximate surface area is 168 Å².